The van der Waals surface area contributed by atoms with Crippen LogP contribution in [0.15, 0.2) is 54.6 Å². The monoisotopic (exact) mass is 321 g/mol. The highest BCUT2D eigenvalue weighted by Gasteiger charge is 2.18. The van der Waals surface area contributed by atoms with Crippen LogP contribution in [0.2, 0.25) is 0 Å². The fourth-order valence-electron chi connectivity index (χ4n) is 2.62. The van der Waals surface area contributed by atoms with Gasteiger partial charge in [0, 0.05) is 6.04 Å². The lowest BCUT2D eigenvalue weighted by molar-refractivity contribution is 0.381. The molecule has 5 nitrogen and oxygen atoms in total. The van der Waals surface area contributed by atoms with Crippen molar-refractivity contribution in [3.8, 4) is 0 Å². The molecule has 1 unspecified atom stereocenters. The van der Waals surface area contributed by atoms with Crippen LogP contribution in [0.4, 0.5) is 0 Å². The molecule has 0 spiro atoms. The molecule has 3 N–H and O–H groups in total. The van der Waals surface area contributed by atoms with Crippen LogP contribution in [-0.4, -0.2) is 24.1 Å². The zero-order valence-corrected chi connectivity index (χ0v) is 12.8. The number of hydrogen-bond donors (Lipinski definition) is 3. The first-order chi connectivity index (χ1) is 10.4. The highest BCUT2D eigenvalue weighted by molar-refractivity contribution is 7.79. The first-order valence-electron chi connectivity index (χ1n) is 6.98. The normalized spacial score (nSPS) is 17.1. The zero-order valence-electron chi connectivity index (χ0n) is 12.0. The Labute approximate surface area is 130 Å². The molecule has 0 aliphatic carbocycles. The van der Waals surface area contributed by atoms with Gasteiger partial charge in [0.15, 0.2) is 0 Å². The molecule has 0 saturated heterocycles. The predicted molar refractivity (Wildman–Crippen MR) is 85.2 cm³/mol. The molecule has 0 aromatic heterocycles. The number of hydrogen-bond acceptors (Lipinski definition) is 3. The minimum atomic E-state index is -4.67. The second-order valence-electron chi connectivity index (χ2n) is 5.09. The molecule has 22 heavy (non-hydrogen) atoms. The molecule has 2 aromatic carbocycles. The van der Waals surface area contributed by atoms with E-state index in [1.54, 1.807) is 0 Å². The van der Waals surface area contributed by atoms with Gasteiger partial charge in [-0.15, -0.1) is 0 Å². The lowest BCUT2D eigenvalue weighted by Crippen LogP contribution is -2.31. The summed E-state index contributed by atoms with van der Waals surface area (Å²) in [7, 11) is -4.67. The molecule has 0 radical (unpaired) electrons. The van der Waals surface area contributed by atoms with Crippen molar-refractivity contribution in [3.05, 3.63) is 71.3 Å². The summed E-state index contributed by atoms with van der Waals surface area (Å²) < 4.78 is 31.6. The maximum absolute atomic E-state index is 8.74. The molecule has 1 heterocycles. The molecule has 3 rings (SSSR count). The molecule has 0 amide bonds. The smallest absolute Gasteiger partial charge is 0.309 e. The standard InChI is InChI=1S/C16H17N.H2O4S/c1-2-6-13(7-3-1)12-16-15-9-5-4-8-14(15)10-11-17-16;1-5(2,3)4/h1-9,16-17H,10-12H2;(H2,1,2,3,4). The van der Waals surface area contributed by atoms with Crippen LogP contribution in [0.1, 0.15) is 22.7 Å². The maximum Gasteiger partial charge on any atom is 0.394 e. The summed E-state index contributed by atoms with van der Waals surface area (Å²) in [6.45, 7) is 1.09. The SMILES string of the molecule is O=S(=O)(O)O.c1ccc(CC2NCCc3ccccc32)cc1. The highest BCUT2D eigenvalue weighted by atomic mass is 32.3. The number of nitrogens with one attached hydrogen (secondary N) is 1. The Kier molecular flexibility index (Phi) is 5.68. The Balaban J connectivity index is 0.000000309. The maximum atomic E-state index is 8.74. The van der Waals surface area contributed by atoms with Crippen LogP contribution >= 0.6 is 0 Å². The Morgan fingerprint density at radius 3 is 2.27 bits per heavy atom. The van der Waals surface area contributed by atoms with Gasteiger partial charge in [-0.3, -0.25) is 9.11 Å². The molecule has 1 aliphatic heterocycles. The lowest BCUT2D eigenvalue weighted by atomic mass is 9.90. The third kappa shape index (κ3) is 5.57. The third-order valence-corrected chi connectivity index (χ3v) is 3.50. The summed E-state index contributed by atoms with van der Waals surface area (Å²) in [6, 6.07) is 20.0. The average Bonchev–Trinajstić information content (AvgIpc) is 2.47. The summed E-state index contributed by atoms with van der Waals surface area (Å²) in [5.74, 6) is 0. The van der Waals surface area contributed by atoms with Crippen LogP contribution in [0.5, 0.6) is 0 Å². The second kappa shape index (κ2) is 7.51. The fraction of sp³-hybridized carbons (Fsp3) is 0.250. The van der Waals surface area contributed by atoms with E-state index in [2.05, 4.69) is 59.9 Å². The molecule has 0 saturated carbocycles. The largest absolute Gasteiger partial charge is 0.394 e. The van der Waals surface area contributed by atoms with Crippen LogP contribution in [0, 0.1) is 0 Å². The number of benzene rings is 2. The lowest BCUT2D eigenvalue weighted by Gasteiger charge is -2.27. The minimum absolute atomic E-state index is 0.474. The van der Waals surface area contributed by atoms with E-state index >= 15 is 0 Å². The van der Waals surface area contributed by atoms with Crippen molar-refractivity contribution in [1.82, 2.24) is 5.32 Å². The van der Waals surface area contributed by atoms with Crippen LogP contribution in [0.3, 0.4) is 0 Å². The van der Waals surface area contributed by atoms with E-state index in [9.17, 15) is 0 Å². The van der Waals surface area contributed by atoms with E-state index in [4.69, 9.17) is 17.5 Å². The first kappa shape index (κ1) is 16.6. The molecular formula is C16H19NO4S. The van der Waals surface area contributed by atoms with Crippen molar-refractivity contribution in [1.29, 1.82) is 0 Å². The van der Waals surface area contributed by atoms with Gasteiger partial charge in [0.2, 0.25) is 0 Å². The van der Waals surface area contributed by atoms with Crippen molar-refractivity contribution in [2.24, 2.45) is 0 Å². The van der Waals surface area contributed by atoms with E-state index in [1.807, 2.05) is 0 Å². The Morgan fingerprint density at radius 1 is 1.00 bits per heavy atom. The van der Waals surface area contributed by atoms with E-state index in [0.717, 1.165) is 19.4 Å². The summed E-state index contributed by atoms with van der Waals surface area (Å²) in [5.41, 5.74) is 4.39. The summed E-state index contributed by atoms with van der Waals surface area (Å²) in [5, 5.41) is 3.62. The fourth-order valence-corrected chi connectivity index (χ4v) is 2.62. The van der Waals surface area contributed by atoms with Gasteiger partial charge in [-0.1, -0.05) is 54.6 Å². The van der Waals surface area contributed by atoms with Crippen LogP contribution in [-0.2, 0) is 23.2 Å². The van der Waals surface area contributed by atoms with E-state index in [0.29, 0.717) is 6.04 Å². The highest BCUT2D eigenvalue weighted by Crippen LogP contribution is 2.25. The van der Waals surface area contributed by atoms with Crippen molar-refractivity contribution < 1.29 is 17.5 Å². The molecule has 1 atom stereocenters. The van der Waals surface area contributed by atoms with Crippen LogP contribution in [0.25, 0.3) is 0 Å². The van der Waals surface area contributed by atoms with Gasteiger partial charge in [0.1, 0.15) is 0 Å². The van der Waals surface area contributed by atoms with Crippen molar-refractivity contribution in [3.63, 3.8) is 0 Å². The molecule has 118 valence electrons. The van der Waals surface area contributed by atoms with E-state index in [-0.39, 0.29) is 0 Å². The van der Waals surface area contributed by atoms with Gasteiger partial charge in [-0.25, -0.2) is 0 Å². The van der Waals surface area contributed by atoms with Gasteiger partial charge in [-0.05, 0) is 36.1 Å². The topological polar surface area (TPSA) is 86.6 Å². The Morgan fingerprint density at radius 2 is 1.59 bits per heavy atom. The Bertz CT molecular complexity index is 693. The summed E-state index contributed by atoms with van der Waals surface area (Å²) >= 11 is 0. The van der Waals surface area contributed by atoms with Crippen molar-refractivity contribution in [2.75, 3.05) is 6.54 Å². The van der Waals surface area contributed by atoms with Gasteiger partial charge in [-0.2, -0.15) is 8.42 Å². The minimum Gasteiger partial charge on any atom is -0.309 e. The van der Waals surface area contributed by atoms with Crippen LogP contribution < -0.4 is 5.32 Å². The van der Waals surface area contributed by atoms with E-state index in [1.165, 1.54) is 16.7 Å². The van der Waals surface area contributed by atoms with Gasteiger partial charge in [0.25, 0.3) is 0 Å². The zero-order chi connectivity index (χ0) is 16.0. The second-order valence-corrected chi connectivity index (χ2v) is 5.99. The third-order valence-electron chi connectivity index (χ3n) is 3.50. The van der Waals surface area contributed by atoms with Crippen molar-refractivity contribution >= 4 is 10.4 Å². The quantitative estimate of drug-likeness (QED) is 0.740. The van der Waals surface area contributed by atoms with E-state index < -0.39 is 10.4 Å². The predicted octanol–water partition coefficient (Wildman–Crippen LogP) is 2.46. The van der Waals surface area contributed by atoms with Crippen molar-refractivity contribution in [2.45, 2.75) is 18.9 Å². The summed E-state index contributed by atoms with van der Waals surface area (Å²) in [6.07, 6.45) is 2.24. The Hall–Kier alpha value is -1.73. The molecular weight excluding hydrogens is 302 g/mol. The van der Waals surface area contributed by atoms with Gasteiger partial charge >= 0.3 is 10.4 Å². The van der Waals surface area contributed by atoms with Gasteiger partial charge in [0.05, 0.1) is 0 Å². The first-order valence-corrected chi connectivity index (χ1v) is 8.38. The molecule has 1 aliphatic rings. The van der Waals surface area contributed by atoms with Gasteiger partial charge < -0.3 is 5.32 Å². The molecule has 2 aromatic rings. The number of rotatable bonds is 2. The molecule has 0 bridgehead atoms. The molecule has 0 fully saturated rings. The average molecular weight is 321 g/mol. The number of fused-ring (bicyclic) bond motifs is 1. The summed E-state index contributed by atoms with van der Waals surface area (Å²) in [4.78, 5) is 0. The molecule has 6 heteroatoms.